The molecule has 0 aliphatic carbocycles. The molecule has 4 nitrogen and oxygen atoms in total. The van der Waals surface area contributed by atoms with Gasteiger partial charge in [0.15, 0.2) is 0 Å². The third-order valence-electron chi connectivity index (χ3n) is 4.74. The van der Waals surface area contributed by atoms with E-state index in [4.69, 9.17) is 9.47 Å². The Morgan fingerprint density at radius 1 is 1.12 bits per heavy atom. The lowest BCUT2D eigenvalue weighted by molar-refractivity contribution is 0.000495. The molecule has 0 bridgehead atoms. The van der Waals surface area contributed by atoms with Crippen LogP contribution in [0.15, 0.2) is 54.6 Å². The summed E-state index contributed by atoms with van der Waals surface area (Å²) in [5, 5.41) is 0. The molecule has 3 rings (SSSR count). The van der Waals surface area contributed by atoms with Gasteiger partial charge in [-0.1, -0.05) is 30.3 Å². The SMILES string of the molecule is COCCO[C@@H]1CCN(C(=O)c2ccc(F)cc2)[C@H]1Cc1ccccc1. The lowest BCUT2D eigenvalue weighted by Crippen LogP contribution is -2.42. The highest BCUT2D eigenvalue weighted by Crippen LogP contribution is 2.26. The van der Waals surface area contributed by atoms with E-state index in [0.29, 0.717) is 25.3 Å². The molecular formula is C21H24FNO3. The van der Waals surface area contributed by atoms with Gasteiger partial charge in [-0.05, 0) is 42.7 Å². The lowest BCUT2D eigenvalue weighted by atomic mass is 10.0. The van der Waals surface area contributed by atoms with E-state index in [1.807, 2.05) is 23.1 Å². The van der Waals surface area contributed by atoms with E-state index in [1.54, 1.807) is 7.11 Å². The fourth-order valence-electron chi connectivity index (χ4n) is 3.41. The quantitative estimate of drug-likeness (QED) is 0.714. The Bertz CT molecular complexity index is 705. The average molecular weight is 357 g/mol. The monoisotopic (exact) mass is 357 g/mol. The number of benzene rings is 2. The van der Waals surface area contributed by atoms with E-state index >= 15 is 0 Å². The minimum atomic E-state index is -0.343. The first-order valence-corrected chi connectivity index (χ1v) is 8.90. The molecular weight excluding hydrogens is 333 g/mol. The van der Waals surface area contributed by atoms with Gasteiger partial charge >= 0.3 is 0 Å². The Hall–Kier alpha value is -2.24. The van der Waals surface area contributed by atoms with Crippen molar-refractivity contribution >= 4 is 5.91 Å². The Balaban J connectivity index is 1.77. The Morgan fingerprint density at radius 3 is 2.54 bits per heavy atom. The first kappa shape index (κ1) is 18.5. The third-order valence-corrected chi connectivity index (χ3v) is 4.74. The van der Waals surface area contributed by atoms with Gasteiger partial charge in [0.05, 0.1) is 25.4 Å². The van der Waals surface area contributed by atoms with Crippen LogP contribution in [0.25, 0.3) is 0 Å². The number of nitrogens with zero attached hydrogens (tertiary/aromatic N) is 1. The van der Waals surface area contributed by atoms with Gasteiger partial charge in [0.1, 0.15) is 5.82 Å². The Labute approximate surface area is 153 Å². The van der Waals surface area contributed by atoms with Crippen molar-refractivity contribution in [3.05, 3.63) is 71.5 Å². The first-order chi connectivity index (χ1) is 12.7. The zero-order valence-electron chi connectivity index (χ0n) is 14.9. The van der Waals surface area contributed by atoms with Crippen LogP contribution in [0.4, 0.5) is 4.39 Å². The van der Waals surface area contributed by atoms with E-state index in [1.165, 1.54) is 24.3 Å². The molecule has 1 saturated heterocycles. The van der Waals surface area contributed by atoms with Crippen LogP contribution in [-0.2, 0) is 15.9 Å². The van der Waals surface area contributed by atoms with E-state index in [2.05, 4.69) is 12.1 Å². The molecule has 1 amide bonds. The number of ether oxygens (including phenoxy) is 2. The normalized spacial score (nSPS) is 19.7. The molecule has 1 fully saturated rings. The van der Waals surface area contributed by atoms with Crippen LogP contribution in [0.2, 0.25) is 0 Å². The average Bonchev–Trinajstić information content (AvgIpc) is 3.05. The summed E-state index contributed by atoms with van der Waals surface area (Å²) in [4.78, 5) is 14.8. The fourth-order valence-corrected chi connectivity index (χ4v) is 3.41. The maximum atomic E-state index is 13.2. The molecule has 0 radical (unpaired) electrons. The molecule has 0 spiro atoms. The van der Waals surface area contributed by atoms with Gasteiger partial charge in [-0.25, -0.2) is 4.39 Å². The lowest BCUT2D eigenvalue weighted by Gasteiger charge is -2.28. The van der Waals surface area contributed by atoms with Gasteiger partial charge in [0, 0.05) is 19.2 Å². The maximum absolute atomic E-state index is 13.2. The van der Waals surface area contributed by atoms with Crippen molar-refractivity contribution in [2.45, 2.75) is 25.0 Å². The number of likely N-dealkylation sites (tertiary alicyclic amines) is 1. The summed E-state index contributed by atoms with van der Waals surface area (Å²) in [5.41, 5.74) is 1.67. The molecule has 138 valence electrons. The minimum absolute atomic E-state index is 0.0326. The number of amides is 1. The van der Waals surface area contributed by atoms with Gasteiger partial charge in [-0.2, -0.15) is 0 Å². The number of hydrogen-bond donors (Lipinski definition) is 0. The van der Waals surface area contributed by atoms with Crippen molar-refractivity contribution in [2.24, 2.45) is 0 Å². The predicted molar refractivity (Wildman–Crippen MR) is 97.6 cm³/mol. The second kappa shape index (κ2) is 8.92. The molecule has 0 N–H and O–H groups in total. The predicted octanol–water partition coefficient (Wildman–Crippen LogP) is 3.31. The molecule has 2 aromatic carbocycles. The zero-order valence-corrected chi connectivity index (χ0v) is 14.9. The van der Waals surface area contributed by atoms with Crippen LogP contribution in [0.3, 0.4) is 0 Å². The highest BCUT2D eigenvalue weighted by atomic mass is 19.1. The minimum Gasteiger partial charge on any atom is -0.382 e. The Morgan fingerprint density at radius 2 is 1.85 bits per heavy atom. The zero-order chi connectivity index (χ0) is 18.4. The van der Waals surface area contributed by atoms with Crippen molar-refractivity contribution in [1.29, 1.82) is 0 Å². The van der Waals surface area contributed by atoms with Crippen LogP contribution in [0.5, 0.6) is 0 Å². The summed E-state index contributed by atoms with van der Waals surface area (Å²) in [5.74, 6) is -0.423. The van der Waals surface area contributed by atoms with Crippen LogP contribution < -0.4 is 0 Å². The topological polar surface area (TPSA) is 38.8 Å². The van der Waals surface area contributed by atoms with E-state index in [-0.39, 0.29) is 23.9 Å². The van der Waals surface area contributed by atoms with Crippen molar-refractivity contribution < 1.29 is 18.7 Å². The number of hydrogen-bond acceptors (Lipinski definition) is 3. The largest absolute Gasteiger partial charge is 0.382 e. The number of methoxy groups -OCH3 is 1. The van der Waals surface area contributed by atoms with Crippen LogP contribution in [0, 0.1) is 5.82 Å². The summed E-state index contributed by atoms with van der Waals surface area (Å²) in [6.45, 7) is 1.66. The summed E-state index contributed by atoms with van der Waals surface area (Å²) in [7, 11) is 1.64. The number of carbonyl (C=O) groups excluding carboxylic acids is 1. The molecule has 0 aromatic heterocycles. The van der Waals surface area contributed by atoms with Gasteiger partial charge in [-0.3, -0.25) is 4.79 Å². The van der Waals surface area contributed by atoms with Crippen molar-refractivity contribution in [3.63, 3.8) is 0 Å². The molecule has 1 aliphatic rings. The fraction of sp³-hybridized carbons (Fsp3) is 0.381. The highest BCUT2D eigenvalue weighted by molar-refractivity contribution is 5.94. The van der Waals surface area contributed by atoms with E-state index in [9.17, 15) is 9.18 Å². The molecule has 2 atom stereocenters. The molecule has 1 aliphatic heterocycles. The van der Waals surface area contributed by atoms with Crippen molar-refractivity contribution in [1.82, 2.24) is 4.90 Å². The van der Waals surface area contributed by atoms with Crippen LogP contribution in [-0.4, -0.2) is 49.8 Å². The first-order valence-electron chi connectivity index (χ1n) is 8.90. The molecule has 26 heavy (non-hydrogen) atoms. The summed E-state index contributed by atoms with van der Waals surface area (Å²) in [6, 6.07) is 15.8. The Kier molecular flexibility index (Phi) is 6.36. The standard InChI is InChI=1S/C21H24FNO3/c1-25-13-14-26-20-11-12-23(19(20)15-16-5-3-2-4-6-16)21(24)17-7-9-18(22)10-8-17/h2-10,19-20H,11-15H2,1H3/t19-,20+/m0/s1. The van der Waals surface area contributed by atoms with Crippen LogP contribution >= 0.6 is 0 Å². The maximum Gasteiger partial charge on any atom is 0.254 e. The van der Waals surface area contributed by atoms with Gasteiger partial charge in [-0.15, -0.1) is 0 Å². The molecule has 0 saturated carbocycles. The molecule has 0 unspecified atom stereocenters. The number of rotatable bonds is 7. The van der Waals surface area contributed by atoms with E-state index in [0.717, 1.165) is 18.4 Å². The third kappa shape index (κ3) is 4.48. The van der Waals surface area contributed by atoms with E-state index < -0.39 is 0 Å². The van der Waals surface area contributed by atoms with Crippen molar-refractivity contribution in [2.75, 3.05) is 26.9 Å². The second-order valence-electron chi connectivity index (χ2n) is 6.45. The highest BCUT2D eigenvalue weighted by Gasteiger charge is 2.38. The van der Waals surface area contributed by atoms with Gasteiger partial charge in [0.2, 0.25) is 0 Å². The summed E-state index contributed by atoms with van der Waals surface area (Å²) < 4.78 is 24.2. The number of halogens is 1. The smallest absolute Gasteiger partial charge is 0.254 e. The van der Waals surface area contributed by atoms with Crippen LogP contribution in [0.1, 0.15) is 22.3 Å². The van der Waals surface area contributed by atoms with Gasteiger partial charge in [0.25, 0.3) is 5.91 Å². The molecule has 2 aromatic rings. The van der Waals surface area contributed by atoms with Gasteiger partial charge < -0.3 is 14.4 Å². The summed E-state index contributed by atoms with van der Waals surface area (Å²) in [6.07, 6.45) is 1.48. The van der Waals surface area contributed by atoms with Crippen molar-refractivity contribution in [3.8, 4) is 0 Å². The number of carbonyl (C=O) groups is 1. The summed E-state index contributed by atoms with van der Waals surface area (Å²) >= 11 is 0. The molecule has 1 heterocycles. The second-order valence-corrected chi connectivity index (χ2v) is 6.45. The molecule has 5 heteroatoms.